The Bertz CT molecular complexity index is 1320. The lowest BCUT2D eigenvalue weighted by atomic mass is 9.97. The van der Waals surface area contributed by atoms with Crippen LogP contribution >= 0.6 is 0 Å². The predicted octanol–water partition coefficient (Wildman–Crippen LogP) is 3.33. The highest BCUT2D eigenvalue weighted by molar-refractivity contribution is 5.99. The molecule has 1 aromatic heterocycles. The van der Waals surface area contributed by atoms with Crippen LogP contribution in [0.5, 0.6) is 0 Å². The normalized spacial score (nSPS) is 12.9. The Labute approximate surface area is 207 Å². The molecule has 0 bridgehead atoms. The van der Waals surface area contributed by atoms with Gasteiger partial charge in [-0.15, -0.1) is 0 Å². The van der Waals surface area contributed by atoms with E-state index in [0.29, 0.717) is 19.6 Å². The first-order chi connectivity index (χ1) is 17.4. The van der Waals surface area contributed by atoms with Crippen LogP contribution in [-0.2, 0) is 24.0 Å². The minimum atomic E-state index is -0.739. The van der Waals surface area contributed by atoms with Gasteiger partial charge in [0.2, 0.25) is 0 Å². The molecule has 0 fully saturated rings. The number of benzene rings is 2. The van der Waals surface area contributed by atoms with E-state index in [9.17, 15) is 23.2 Å². The molecule has 36 heavy (non-hydrogen) atoms. The SMILES string of the molecule is COCCN1CNn2cc(C(=O)CCc3ccc(F)cc3F)c(=O)c(CCc3ccccc3)c2C1=O. The quantitative estimate of drug-likeness (QED) is 0.437. The molecule has 1 N–H and O–H groups in total. The van der Waals surface area contributed by atoms with E-state index >= 15 is 0 Å². The number of hydrogen-bond donors (Lipinski definition) is 1. The van der Waals surface area contributed by atoms with Crippen molar-refractivity contribution < 1.29 is 23.1 Å². The molecule has 7 nitrogen and oxygen atoms in total. The first kappa shape index (κ1) is 25.2. The molecule has 2 heterocycles. The van der Waals surface area contributed by atoms with E-state index in [-0.39, 0.29) is 54.2 Å². The van der Waals surface area contributed by atoms with Crippen LogP contribution in [0.25, 0.3) is 0 Å². The number of nitrogens with one attached hydrogen (secondary N) is 1. The number of nitrogens with zero attached hydrogens (tertiary/aromatic N) is 2. The average Bonchev–Trinajstić information content (AvgIpc) is 2.87. The second kappa shape index (κ2) is 11.3. The first-order valence-electron chi connectivity index (χ1n) is 11.7. The minimum Gasteiger partial charge on any atom is -0.383 e. The van der Waals surface area contributed by atoms with Crippen LogP contribution in [0.15, 0.2) is 59.5 Å². The highest BCUT2D eigenvalue weighted by Gasteiger charge is 2.30. The Morgan fingerprint density at radius 1 is 1.06 bits per heavy atom. The molecule has 4 rings (SSSR count). The average molecular weight is 496 g/mol. The van der Waals surface area contributed by atoms with Gasteiger partial charge in [-0.05, 0) is 36.5 Å². The lowest BCUT2D eigenvalue weighted by Gasteiger charge is -2.32. The number of fused-ring (bicyclic) bond motifs is 1. The van der Waals surface area contributed by atoms with Gasteiger partial charge in [-0.1, -0.05) is 36.4 Å². The van der Waals surface area contributed by atoms with Crippen molar-refractivity contribution in [2.75, 3.05) is 32.4 Å². The molecule has 0 spiro atoms. The summed E-state index contributed by atoms with van der Waals surface area (Å²) in [5.41, 5.74) is 4.12. The van der Waals surface area contributed by atoms with Crippen LogP contribution in [0.3, 0.4) is 0 Å². The molecule has 3 aromatic rings. The monoisotopic (exact) mass is 495 g/mol. The van der Waals surface area contributed by atoms with Crippen molar-refractivity contribution >= 4 is 11.7 Å². The molecular weight excluding hydrogens is 468 g/mol. The number of ketones is 1. The molecule has 9 heteroatoms. The van der Waals surface area contributed by atoms with Gasteiger partial charge in [-0.25, -0.2) is 8.78 Å². The van der Waals surface area contributed by atoms with Gasteiger partial charge in [0.05, 0.1) is 12.2 Å². The third-order valence-corrected chi connectivity index (χ3v) is 6.23. The highest BCUT2D eigenvalue weighted by atomic mass is 19.1. The summed E-state index contributed by atoms with van der Waals surface area (Å²) in [7, 11) is 1.54. The van der Waals surface area contributed by atoms with Crippen LogP contribution < -0.4 is 10.9 Å². The van der Waals surface area contributed by atoms with Crippen LogP contribution in [0.2, 0.25) is 0 Å². The molecule has 0 aliphatic carbocycles. The van der Waals surface area contributed by atoms with E-state index in [1.54, 1.807) is 12.0 Å². The molecule has 0 unspecified atom stereocenters. The van der Waals surface area contributed by atoms with Gasteiger partial charge in [-0.2, -0.15) is 0 Å². The van der Waals surface area contributed by atoms with E-state index in [0.717, 1.165) is 17.7 Å². The Kier molecular flexibility index (Phi) is 7.90. The number of aryl methyl sites for hydroxylation is 2. The fourth-order valence-electron chi connectivity index (χ4n) is 4.24. The maximum atomic E-state index is 14.0. The molecule has 0 atom stereocenters. The molecule has 0 radical (unpaired) electrons. The molecule has 1 aliphatic rings. The summed E-state index contributed by atoms with van der Waals surface area (Å²) in [6.07, 6.45) is 1.99. The number of carbonyl (C=O) groups excluding carboxylic acids is 2. The van der Waals surface area contributed by atoms with Gasteiger partial charge in [-0.3, -0.25) is 19.1 Å². The van der Waals surface area contributed by atoms with Gasteiger partial charge < -0.3 is 15.1 Å². The van der Waals surface area contributed by atoms with Crippen LogP contribution in [-0.4, -0.2) is 48.2 Å². The Morgan fingerprint density at radius 3 is 2.56 bits per heavy atom. The number of hydrogen-bond acceptors (Lipinski definition) is 5. The largest absolute Gasteiger partial charge is 0.383 e. The summed E-state index contributed by atoms with van der Waals surface area (Å²) in [6.45, 7) is 0.872. The van der Waals surface area contributed by atoms with Crippen molar-refractivity contribution in [1.29, 1.82) is 0 Å². The summed E-state index contributed by atoms with van der Waals surface area (Å²) >= 11 is 0. The zero-order valence-electron chi connectivity index (χ0n) is 19.9. The number of rotatable bonds is 10. The van der Waals surface area contributed by atoms with Gasteiger partial charge in [0.25, 0.3) is 5.91 Å². The van der Waals surface area contributed by atoms with E-state index in [1.807, 2.05) is 30.3 Å². The van der Waals surface area contributed by atoms with Crippen molar-refractivity contribution in [3.8, 4) is 0 Å². The molecule has 188 valence electrons. The molecule has 1 aliphatic heterocycles. The zero-order chi connectivity index (χ0) is 25.7. The number of pyridine rings is 1. The van der Waals surface area contributed by atoms with E-state index in [1.165, 1.54) is 16.9 Å². The fraction of sp³-hybridized carbons (Fsp3) is 0.296. The number of Topliss-reactive ketones (excluding diaryl/α,β-unsaturated/α-hetero) is 1. The van der Waals surface area contributed by atoms with Crippen molar-refractivity contribution in [2.24, 2.45) is 0 Å². The van der Waals surface area contributed by atoms with Gasteiger partial charge in [0.1, 0.15) is 24.0 Å². The second-order valence-electron chi connectivity index (χ2n) is 8.59. The summed E-state index contributed by atoms with van der Waals surface area (Å²) < 4.78 is 33.7. The number of carbonyl (C=O) groups is 2. The molecular formula is C27H27F2N3O4. The smallest absolute Gasteiger partial charge is 0.274 e. The van der Waals surface area contributed by atoms with Crippen molar-refractivity contribution in [2.45, 2.75) is 25.7 Å². The number of methoxy groups -OCH3 is 1. The predicted molar refractivity (Wildman–Crippen MR) is 131 cm³/mol. The molecule has 0 saturated carbocycles. The number of ether oxygens (including phenoxy) is 1. The second-order valence-corrected chi connectivity index (χ2v) is 8.59. The zero-order valence-corrected chi connectivity index (χ0v) is 19.9. The van der Waals surface area contributed by atoms with E-state index in [4.69, 9.17) is 4.74 Å². The van der Waals surface area contributed by atoms with Crippen LogP contribution in [0, 0.1) is 11.6 Å². The van der Waals surface area contributed by atoms with Crippen molar-refractivity contribution in [3.05, 3.63) is 105 Å². The van der Waals surface area contributed by atoms with Crippen LogP contribution in [0.4, 0.5) is 8.78 Å². The maximum absolute atomic E-state index is 14.0. The van der Waals surface area contributed by atoms with Gasteiger partial charge >= 0.3 is 0 Å². The lowest BCUT2D eigenvalue weighted by molar-refractivity contribution is 0.0664. The molecule has 1 amide bonds. The number of halogens is 2. The van der Waals surface area contributed by atoms with Gasteiger partial charge in [0.15, 0.2) is 11.2 Å². The summed E-state index contributed by atoms with van der Waals surface area (Å²) in [4.78, 5) is 41.4. The third-order valence-electron chi connectivity index (χ3n) is 6.23. The highest BCUT2D eigenvalue weighted by Crippen LogP contribution is 2.18. The number of amides is 1. The Hall–Kier alpha value is -3.85. The Morgan fingerprint density at radius 2 is 1.83 bits per heavy atom. The van der Waals surface area contributed by atoms with Crippen molar-refractivity contribution in [3.63, 3.8) is 0 Å². The van der Waals surface area contributed by atoms with Crippen LogP contribution in [0.1, 0.15) is 44.0 Å². The first-order valence-corrected chi connectivity index (χ1v) is 11.7. The topological polar surface area (TPSA) is 80.6 Å². The van der Waals surface area contributed by atoms with E-state index < -0.39 is 22.8 Å². The maximum Gasteiger partial charge on any atom is 0.274 e. The molecule has 2 aromatic carbocycles. The fourth-order valence-corrected chi connectivity index (χ4v) is 4.24. The lowest BCUT2D eigenvalue weighted by Crippen LogP contribution is -2.49. The summed E-state index contributed by atoms with van der Waals surface area (Å²) in [5.74, 6) is -2.24. The number of aromatic nitrogens is 1. The standard InChI is InChI=1S/C27H27F2N3O4/c1-36-14-13-31-17-30-32-16-22(24(33)12-9-19-8-10-20(28)15-23(19)29)26(34)21(25(32)27(31)35)11-7-18-5-3-2-4-6-18/h2-6,8,10,15-16,30H,7,9,11-14,17H2,1H3. The van der Waals surface area contributed by atoms with E-state index in [2.05, 4.69) is 5.43 Å². The van der Waals surface area contributed by atoms with Gasteiger partial charge in [0, 0.05) is 37.9 Å². The summed E-state index contributed by atoms with van der Waals surface area (Å²) in [5, 5.41) is 0. The Balaban J connectivity index is 1.66. The van der Waals surface area contributed by atoms with Crippen molar-refractivity contribution in [1.82, 2.24) is 9.58 Å². The molecule has 0 saturated heterocycles. The summed E-state index contributed by atoms with van der Waals surface area (Å²) in [6, 6.07) is 12.7. The minimum absolute atomic E-state index is 0.0165. The third kappa shape index (κ3) is 5.52.